The second-order valence-electron chi connectivity index (χ2n) is 5.01. The molecule has 108 valence electrons. The van der Waals surface area contributed by atoms with E-state index in [1.54, 1.807) is 0 Å². The van der Waals surface area contributed by atoms with Gasteiger partial charge in [-0.1, -0.05) is 65.2 Å². The summed E-state index contributed by atoms with van der Waals surface area (Å²) in [6.07, 6.45) is 12.4. The summed E-state index contributed by atoms with van der Waals surface area (Å²) in [5.41, 5.74) is 0. The molecule has 0 heterocycles. The summed E-state index contributed by atoms with van der Waals surface area (Å²) in [6, 6.07) is 0.000910. The number of nitrogens with one attached hydrogen (secondary N) is 2. The van der Waals surface area contributed by atoms with Crippen molar-refractivity contribution >= 4 is 6.03 Å². The van der Waals surface area contributed by atoms with Crippen molar-refractivity contribution in [3.05, 3.63) is 0 Å². The molecule has 18 heavy (non-hydrogen) atoms. The Kier molecular flexibility index (Phi) is 13.8. The van der Waals surface area contributed by atoms with Gasteiger partial charge in [-0.25, -0.2) is 4.79 Å². The first kappa shape index (κ1) is 17.3. The van der Waals surface area contributed by atoms with Crippen LogP contribution in [0.1, 0.15) is 78.1 Å². The van der Waals surface area contributed by atoms with Crippen molar-refractivity contribution < 1.29 is 4.79 Å². The zero-order valence-corrected chi connectivity index (χ0v) is 12.4. The zero-order valence-electron chi connectivity index (χ0n) is 12.4. The summed E-state index contributed by atoms with van der Waals surface area (Å²) in [4.78, 5) is 11.4. The van der Waals surface area contributed by atoms with E-state index in [9.17, 15) is 4.79 Å². The normalized spacial score (nSPS) is 10.3. The minimum absolute atomic E-state index is 0.000910. The van der Waals surface area contributed by atoms with Gasteiger partial charge in [0.25, 0.3) is 0 Å². The number of rotatable bonds is 12. The first-order chi connectivity index (χ1) is 8.81. The largest absolute Gasteiger partial charge is 0.338 e. The predicted octanol–water partition coefficient (Wildman–Crippen LogP) is 4.23. The third kappa shape index (κ3) is 13.3. The van der Waals surface area contributed by atoms with Gasteiger partial charge in [-0.15, -0.1) is 0 Å². The van der Waals surface area contributed by atoms with Gasteiger partial charge >= 0.3 is 6.03 Å². The van der Waals surface area contributed by atoms with Crippen LogP contribution in [-0.4, -0.2) is 19.1 Å². The maximum atomic E-state index is 11.4. The third-order valence-corrected chi connectivity index (χ3v) is 3.13. The van der Waals surface area contributed by atoms with E-state index < -0.39 is 0 Å². The SMILES string of the molecule is CCCCCCCNC(=O)NCCCCCCC. The molecule has 0 aliphatic rings. The van der Waals surface area contributed by atoms with Gasteiger partial charge in [0.1, 0.15) is 0 Å². The summed E-state index contributed by atoms with van der Waals surface area (Å²) in [5, 5.41) is 5.82. The molecule has 0 radical (unpaired) electrons. The Balaban J connectivity index is 3.12. The van der Waals surface area contributed by atoms with Gasteiger partial charge in [-0.2, -0.15) is 0 Å². The van der Waals surface area contributed by atoms with Crippen LogP contribution in [0.15, 0.2) is 0 Å². The fourth-order valence-corrected chi connectivity index (χ4v) is 1.92. The quantitative estimate of drug-likeness (QED) is 0.504. The van der Waals surface area contributed by atoms with Crippen molar-refractivity contribution in [3.8, 4) is 0 Å². The van der Waals surface area contributed by atoms with Crippen LogP contribution in [0.2, 0.25) is 0 Å². The Hall–Kier alpha value is -0.730. The van der Waals surface area contributed by atoms with Crippen LogP contribution in [0, 0.1) is 0 Å². The van der Waals surface area contributed by atoms with E-state index >= 15 is 0 Å². The van der Waals surface area contributed by atoms with Crippen LogP contribution in [-0.2, 0) is 0 Å². The number of amides is 2. The lowest BCUT2D eigenvalue weighted by Crippen LogP contribution is -2.36. The van der Waals surface area contributed by atoms with E-state index in [4.69, 9.17) is 0 Å². The van der Waals surface area contributed by atoms with Gasteiger partial charge in [0.15, 0.2) is 0 Å². The Bertz CT molecular complexity index is 165. The summed E-state index contributed by atoms with van der Waals surface area (Å²) in [7, 11) is 0. The lowest BCUT2D eigenvalue weighted by molar-refractivity contribution is 0.240. The van der Waals surface area contributed by atoms with Gasteiger partial charge in [0.2, 0.25) is 0 Å². The molecule has 0 aliphatic heterocycles. The number of hydrogen-bond donors (Lipinski definition) is 2. The maximum Gasteiger partial charge on any atom is 0.314 e. The molecule has 0 aromatic rings. The number of hydrogen-bond acceptors (Lipinski definition) is 1. The second-order valence-corrected chi connectivity index (χ2v) is 5.01. The fourth-order valence-electron chi connectivity index (χ4n) is 1.92. The molecule has 0 atom stereocenters. The fraction of sp³-hybridized carbons (Fsp3) is 0.933. The molecule has 3 nitrogen and oxygen atoms in total. The van der Waals surface area contributed by atoms with Gasteiger partial charge in [0, 0.05) is 13.1 Å². The average Bonchev–Trinajstić information content (AvgIpc) is 2.38. The topological polar surface area (TPSA) is 41.1 Å². The van der Waals surface area contributed by atoms with Crippen molar-refractivity contribution in [3.63, 3.8) is 0 Å². The van der Waals surface area contributed by atoms with Crippen LogP contribution in [0.5, 0.6) is 0 Å². The molecule has 0 saturated carbocycles. The van der Waals surface area contributed by atoms with E-state index in [-0.39, 0.29) is 6.03 Å². The van der Waals surface area contributed by atoms with Crippen molar-refractivity contribution in [2.75, 3.05) is 13.1 Å². The smallest absolute Gasteiger partial charge is 0.314 e. The molecule has 0 fully saturated rings. The van der Waals surface area contributed by atoms with E-state index in [1.165, 1.54) is 51.4 Å². The summed E-state index contributed by atoms with van der Waals surface area (Å²) < 4.78 is 0. The van der Waals surface area contributed by atoms with Gasteiger partial charge in [0.05, 0.1) is 0 Å². The molecular formula is C15H32N2O. The van der Waals surface area contributed by atoms with Crippen molar-refractivity contribution in [2.24, 2.45) is 0 Å². The van der Waals surface area contributed by atoms with E-state index in [1.807, 2.05) is 0 Å². The van der Waals surface area contributed by atoms with Crippen LogP contribution in [0.25, 0.3) is 0 Å². The first-order valence-electron chi connectivity index (χ1n) is 7.83. The second kappa shape index (κ2) is 14.3. The Morgan fingerprint density at radius 3 is 1.44 bits per heavy atom. The molecule has 0 aromatic carbocycles. The highest BCUT2D eigenvalue weighted by molar-refractivity contribution is 5.73. The molecule has 0 unspecified atom stereocenters. The minimum atomic E-state index is 0.000910. The van der Waals surface area contributed by atoms with E-state index in [2.05, 4.69) is 24.5 Å². The lowest BCUT2D eigenvalue weighted by Gasteiger charge is -2.07. The van der Waals surface area contributed by atoms with Crippen LogP contribution in [0.4, 0.5) is 4.79 Å². The maximum absolute atomic E-state index is 11.4. The molecule has 0 saturated heterocycles. The molecule has 3 heteroatoms. The van der Waals surface area contributed by atoms with Crippen LogP contribution in [0.3, 0.4) is 0 Å². The van der Waals surface area contributed by atoms with Gasteiger partial charge in [-0.3, -0.25) is 0 Å². The molecule has 0 aromatic heterocycles. The van der Waals surface area contributed by atoms with Crippen molar-refractivity contribution in [1.29, 1.82) is 0 Å². The average molecular weight is 256 g/mol. The van der Waals surface area contributed by atoms with E-state index in [0.717, 1.165) is 25.9 Å². The van der Waals surface area contributed by atoms with E-state index in [0.29, 0.717) is 0 Å². The zero-order chi connectivity index (χ0) is 13.5. The summed E-state index contributed by atoms with van der Waals surface area (Å²) in [5.74, 6) is 0. The monoisotopic (exact) mass is 256 g/mol. The molecular weight excluding hydrogens is 224 g/mol. The number of carbonyl (C=O) groups excluding carboxylic acids is 1. The molecule has 0 spiro atoms. The third-order valence-electron chi connectivity index (χ3n) is 3.13. The number of urea groups is 1. The first-order valence-corrected chi connectivity index (χ1v) is 7.83. The highest BCUT2D eigenvalue weighted by atomic mass is 16.2. The molecule has 2 amide bonds. The van der Waals surface area contributed by atoms with Gasteiger partial charge < -0.3 is 10.6 Å². The number of unbranched alkanes of at least 4 members (excludes halogenated alkanes) is 8. The summed E-state index contributed by atoms with van der Waals surface area (Å²) >= 11 is 0. The molecule has 0 rings (SSSR count). The Morgan fingerprint density at radius 1 is 0.667 bits per heavy atom. The highest BCUT2D eigenvalue weighted by Crippen LogP contribution is 2.01. The number of carbonyl (C=O) groups is 1. The van der Waals surface area contributed by atoms with Crippen LogP contribution >= 0.6 is 0 Å². The summed E-state index contributed by atoms with van der Waals surface area (Å²) in [6.45, 7) is 6.05. The lowest BCUT2D eigenvalue weighted by atomic mass is 10.1. The van der Waals surface area contributed by atoms with Crippen molar-refractivity contribution in [2.45, 2.75) is 78.1 Å². The van der Waals surface area contributed by atoms with Crippen LogP contribution < -0.4 is 10.6 Å². The highest BCUT2D eigenvalue weighted by Gasteiger charge is 1.98. The molecule has 2 N–H and O–H groups in total. The standard InChI is InChI=1S/C15H32N2O/c1-3-5-7-9-11-13-16-15(18)17-14-12-10-8-6-4-2/h3-14H2,1-2H3,(H2,16,17,18). The molecule has 0 bridgehead atoms. The van der Waals surface area contributed by atoms with Crippen molar-refractivity contribution in [1.82, 2.24) is 10.6 Å². The molecule has 0 aliphatic carbocycles. The predicted molar refractivity (Wildman–Crippen MR) is 78.9 cm³/mol. The Morgan fingerprint density at radius 2 is 1.06 bits per heavy atom. The minimum Gasteiger partial charge on any atom is -0.338 e. The van der Waals surface area contributed by atoms with Gasteiger partial charge in [-0.05, 0) is 12.8 Å². The Labute approximate surface area is 113 Å².